The molecule has 0 aliphatic carbocycles. The van der Waals surface area contributed by atoms with Crippen molar-refractivity contribution >= 4 is 16.6 Å². The lowest BCUT2D eigenvalue weighted by Crippen LogP contribution is -1.92. The van der Waals surface area contributed by atoms with Crippen LogP contribution in [0.3, 0.4) is 0 Å². The number of anilines is 1. The van der Waals surface area contributed by atoms with Crippen LogP contribution in [0.15, 0.2) is 42.5 Å². The molecule has 3 aromatic rings. The first-order valence-electron chi connectivity index (χ1n) is 6.32. The average molecular weight is 268 g/mol. The molecule has 0 bridgehead atoms. The van der Waals surface area contributed by atoms with Gasteiger partial charge in [0.05, 0.1) is 19.9 Å². The number of rotatable bonds is 3. The van der Waals surface area contributed by atoms with Crippen LogP contribution in [-0.4, -0.2) is 19.2 Å². The van der Waals surface area contributed by atoms with Gasteiger partial charge in [-0.1, -0.05) is 0 Å². The molecule has 4 nitrogen and oxygen atoms in total. The minimum absolute atomic E-state index is 0.626. The molecule has 0 aliphatic rings. The molecule has 0 radical (unpaired) electrons. The Bertz CT molecular complexity index is 762. The molecule has 0 saturated carbocycles. The van der Waals surface area contributed by atoms with Gasteiger partial charge in [-0.3, -0.25) is 0 Å². The molecule has 0 saturated heterocycles. The van der Waals surface area contributed by atoms with Crippen molar-refractivity contribution in [3.8, 4) is 22.8 Å². The monoisotopic (exact) mass is 268 g/mol. The molecule has 0 spiro atoms. The second kappa shape index (κ2) is 4.81. The first-order chi connectivity index (χ1) is 9.71. The summed E-state index contributed by atoms with van der Waals surface area (Å²) >= 11 is 0. The zero-order chi connectivity index (χ0) is 14.1. The van der Waals surface area contributed by atoms with E-state index in [9.17, 15) is 0 Å². The van der Waals surface area contributed by atoms with Gasteiger partial charge in [-0.05, 0) is 42.5 Å². The van der Waals surface area contributed by atoms with E-state index in [-0.39, 0.29) is 0 Å². The number of aromatic nitrogens is 1. The number of hydrogen-bond donors (Lipinski definition) is 2. The van der Waals surface area contributed by atoms with Crippen LogP contribution in [-0.2, 0) is 0 Å². The summed E-state index contributed by atoms with van der Waals surface area (Å²) in [5.41, 5.74) is 9.68. The number of nitrogens with two attached hydrogens (primary N) is 1. The quantitative estimate of drug-likeness (QED) is 0.715. The number of benzene rings is 2. The Labute approximate surface area is 117 Å². The van der Waals surface area contributed by atoms with Gasteiger partial charge in [0.1, 0.15) is 11.5 Å². The van der Waals surface area contributed by atoms with Crippen molar-refractivity contribution in [2.45, 2.75) is 0 Å². The summed E-state index contributed by atoms with van der Waals surface area (Å²) in [6.45, 7) is 0. The Kier molecular flexibility index (Phi) is 2.99. The average Bonchev–Trinajstić information content (AvgIpc) is 2.89. The first kappa shape index (κ1) is 12.4. The molecular weight excluding hydrogens is 252 g/mol. The highest BCUT2D eigenvalue weighted by Crippen LogP contribution is 2.31. The summed E-state index contributed by atoms with van der Waals surface area (Å²) in [5.74, 6) is 1.53. The minimum Gasteiger partial charge on any atom is -0.497 e. The van der Waals surface area contributed by atoms with E-state index in [1.807, 2.05) is 36.4 Å². The van der Waals surface area contributed by atoms with Crippen LogP contribution < -0.4 is 15.2 Å². The molecule has 1 heterocycles. The van der Waals surface area contributed by atoms with E-state index in [2.05, 4.69) is 11.1 Å². The number of H-pyrrole nitrogens is 1. The molecular formula is C16H16N2O2. The Morgan fingerprint density at radius 1 is 0.950 bits per heavy atom. The topological polar surface area (TPSA) is 60.3 Å². The Morgan fingerprint density at radius 3 is 2.50 bits per heavy atom. The van der Waals surface area contributed by atoms with E-state index in [0.29, 0.717) is 11.4 Å². The van der Waals surface area contributed by atoms with E-state index >= 15 is 0 Å². The third-order valence-electron chi connectivity index (χ3n) is 3.37. The predicted molar refractivity (Wildman–Crippen MR) is 81.3 cm³/mol. The SMILES string of the molecule is COc1ccc2[nH]c(-c3ccc(OC)c(N)c3)cc2c1. The summed E-state index contributed by atoms with van der Waals surface area (Å²) in [4.78, 5) is 3.38. The predicted octanol–water partition coefficient (Wildman–Crippen LogP) is 3.43. The lowest BCUT2D eigenvalue weighted by molar-refractivity contribution is 0.415. The van der Waals surface area contributed by atoms with Crippen molar-refractivity contribution < 1.29 is 9.47 Å². The second-order valence-electron chi connectivity index (χ2n) is 4.59. The maximum atomic E-state index is 5.95. The van der Waals surface area contributed by atoms with E-state index in [1.54, 1.807) is 14.2 Å². The van der Waals surface area contributed by atoms with Crippen LogP contribution in [0.5, 0.6) is 11.5 Å². The number of hydrogen-bond acceptors (Lipinski definition) is 3. The van der Waals surface area contributed by atoms with Gasteiger partial charge in [-0.25, -0.2) is 0 Å². The normalized spacial score (nSPS) is 10.7. The fourth-order valence-corrected chi connectivity index (χ4v) is 2.30. The summed E-state index contributed by atoms with van der Waals surface area (Å²) < 4.78 is 10.4. The van der Waals surface area contributed by atoms with Gasteiger partial charge in [-0.15, -0.1) is 0 Å². The maximum Gasteiger partial charge on any atom is 0.141 e. The molecule has 0 aliphatic heterocycles. The van der Waals surface area contributed by atoms with Crippen LogP contribution in [0.1, 0.15) is 0 Å². The minimum atomic E-state index is 0.626. The van der Waals surface area contributed by atoms with E-state index in [0.717, 1.165) is 27.9 Å². The molecule has 20 heavy (non-hydrogen) atoms. The van der Waals surface area contributed by atoms with Crippen molar-refractivity contribution in [3.05, 3.63) is 42.5 Å². The zero-order valence-electron chi connectivity index (χ0n) is 11.4. The lowest BCUT2D eigenvalue weighted by Gasteiger charge is -2.05. The van der Waals surface area contributed by atoms with Gasteiger partial charge < -0.3 is 20.2 Å². The van der Waals surface area contributed by atoms with Crippen molar-refractivity contribution in [2.75, 3.05) is 20.0 Å². The van der Waals surface area contributed by atoms with E-state index in [1.165, 1.54) is 0 Å². The Balaban J connectivity index is 2.07. The van der Waals surface area contributed by atoms with Crippen LogP contribution >= 0.6 is 0 Å². The molecule has 1 aromatic heterocycles. The molecule has 3 N–H and O–H groups in total. The van der Waals surface area contributed by atoms with Gasteiger partial charge in [0.2, 0.25) is 0 Å². The maximum absolute atomic E-state index is 5.95. The Morgan fingerprint density at radius 2 is 1.80 bits per heavy atom. The number of nitrogen functional groups attached to an aromatic ring is 1. The molecule has 0 fully saturated rings. The van der Waals surface area contributed by atoms with Crippen LogP contribution in [0, 0.1) is 0 Å². The van der Waals surface area contributed by atoms with E-state index in [4.69, 9.17) is 15.2 Å². The lowest BCUT2D eigenvalue weighted by atomic mass is 10.1. The molecule has 3 rings (SSSR count). The molecule has 102 valence electrons. The van der Waals surface area contributed by atoms with E-state index < -0.39 is 0 Å². The van der Waals surface area contributed by atoms with Gasteiger partial charge >= 0.3 is 0 Å². The van der Waals surface area contributed by atoms with Crippen LogP contribution in [0.4, 0.5) is 5.69 Å². The van der Waals surface area contributed by atoms with Gasteiger partial charge in [0.25, 0.3) is 0 Å². The number of aromatic amines is 1. The summed E-state index contributed by atoms with van der Waals surface area (Å²) in [5, 5.41) is 1.11. The third kappa shape index (κ3) is 2.05. The van der Waals surface area contributed by atoms with Crippen molar-refractivity contribution in [3.63, 3.8) is 0 Å². The van der Waals surface area contributed by atoms with Crippen molar-refractivity contribution in [1.82, 2.24) is 4.98 Å². The van der Waals surface area contributed by atoms with Crippen LogP contribution in [0.25, 0.3) is 22.2 Å². The van der Waals surface area contributed by atoms with Gasteiger partial charge in [-0.2, -0.15) is 0 Å². The fourth-order valence-electron chi connectivity index (χ4n) is 2.30. The highest BCUT2D eigenvalue weighted by molar-refractivity contribution is 5.87. The van der Waals surface area contributed by atoms with Gasteiger partial charge in [0.15, 0.2) is 0 Å². The number of methoxy groups -OCH3 is 2. The first-order valence-corrected chi connectivity index (χ1v) is 6.32. The third-order valence-corrected chi connectivity index (χ3v) is 3.37. The molecule has 0 unspecified atom stereocenters. The molecule has 0 atom stereocenters. The Hall–Kier alpha value is -2.62. The highest BCUT2D eigenvalue weighted by Gasteiger charge is 2.07. The number of ether oxygens (including phenoxy) is 2. The molecule has 0 amide bonds. The van der Waals surface area contributed by atoms with Crippen LogP contribution in [0.2, 0.25) is 0 Å². The smallest absolute Gasteiger partial charge is 0.141 e. The highest BCUT2D eigenvalue weighted by atomic mass is 16.5. The zero-order valence-corrected chi connectivity index (χ0v) is 11.4. The largest absolute Gasteiger partial charge is 0.497 e. The molecule has 2 aromatic carbocycles. The van der Waals surface area contributed by atoms with Crippen molar-refractivity contribution in [2.24, 2.45) is 0 Å². The summed E-state index contributed by atoms with van der Waals surface area (Å²) in [6, 6.07) is 13.8. The number of nitrogens with one attached hydrogen (secondary N) is 1. The standard InChI is InChI=1S/C16H16N2O2/c1-19-12-4-5-14-11(7-12)9-15(18-14)10-3-6-16(20-2)13(17)8-10/h3-9,18H,17H2,1-2H3. The summed E-state index contributed by atoms with van der Waals surface area (Å²) in [6.07, 6.45) is 0. The fraction of sp³-hybridized carbons (Fsp3) is 0.125. The van der Waals surface area contributed by atoms with Crippen molar-refractivity contribution in [1.29, 1.82) is 0 Å². The summed E-state index contributed by atoms with van der Waals surface area (Å²) in [7, 11) is 3.28. The number of fused-ring (bicyclic) bond motifs is 1. The van der Waals surface area contributed by atoms with Gasteiger partial charge in [0, 0.05) is 22.2 Å². The molecule has 4 heteroatoms. The second-order valence-corrected chi connectivity index (χ2v) is 4.59.